The van der Waals surface area contributed by atoms with Gasteiger partial charge in [-0.15, -0.1) is 11.8 Å². The van der Waals surface area contributed by atoms with Gasteiger partial charge >= 0.3 is 0 Å². The van der Waals surface area contributed by atoms with E-state index >= 15 is 0 Å². The van der Waals surface area contributed by atoms with Gasteiger partial charge in [0.1, 0.15) is 11.0 Å². The summed E-state index contributed by atoms with van der Waals surface area (Å²) >= 11 is 1.62. The average Bonchev–Trinajstić information content (AvgIpc) is 2.72. The van der Waals surface area contributed by atoms with Crippen molar-refractivity contribution in [2.45, 2.75) is 43.6 Å². The van der Waals surface area contributed by atoms with Crippen LogP contribution in [0.3, 0.4) is 0 Å². The molecule has 2 unspecified atom stereocenters. The largest absolute Gasteiger partial charge is 0.392 e. The maximum atomic E-state index is 12.7. The Morgan fingerprint density at radius 3 is 2.52 bits per heavy atom. The van der Waals surface area contributed by atoms with Crippen molar-refractivity contribution in [3.8, 4) is 0 Å². The zero-order chi connectivity index (χ0) is 21.2. The summed E-state index contributed by atoms with van der Waals surface area (Å²) < 4.78 is 13.4. The maximum Gasteiger partial charge on any atom is 0.257 e. The van der Waals surface area contributed by atoms with E-state index in [1.165, 1.54) is 0 Å². The van der Waals surface area contributed by atoms with Crippen LogP contribution in [0.5, 0.6) is 0 Å². The molecule has 2 rings (SSSR count). The fourth-order valence-corrected chi connectivity index (χ4v) is 4.13. The fourth-order valence-electron chi connectivity index (χ4n) is 2.82. The average molecular weight is 435 g/mol. The summed E-state index contributed by atoms with van der Waals surface area (Å²) in [4.78, 5) is 13.8. The SMILES string of the molecule is CCCCCC(O)CSc1ccc(NC(=O)c2ccccc2N(C)S(C)=O)cc1. The minimum Gasteiger partial charge on any atom is -0.392 e. The number of anilines is 2. The third-order valence-corrected chi connectivity index (χ3v) is 6.69. The molecular weight excluding hydrogens is 404 g/mol. The molecule has 1 amide bonds. The molecule has 0 saturated heterocycles. The number of amides is 1. The minimum atomic E-state index is -1.22. The summed E-state index contributed by atoms with van der Waals surface area (Å²) in [5.74, 6) is 0.424. The number of aliphatic hydroxyl groups is 1. The lowest BCUT2D eigenvalue weighted by atomic mass is 10.1. The van der Waals surface area contributed by atoms with Gasteiger partial charge in [-0.25, -0.2) is 4.21 Å². The molecule has 0 radical (unpaired) electrons. The third-order valence-electron chi connectivity index (χ3n) is 4.57. The number of hydrogen-bond acceptors (Lipinski definition) is 4. The van der Waals surface area contributed by atoms with Crippen LogP contribution in [0.15, 0.2) is 53.4 Å². The van der Waals surface area contributed by atoms with Gasteiger partial charge in [-0.3, -0.25) is 9.10 Å². The van der Waals surface area contributed by atoms with E-state index in [2.05, 4.69) is 12.2 Å². The van der Waals surface area contributed by atoms with Gasteiger partial charge in [-0.05, 0) is 42.8 Å². The zero-order valence-corrected chi connectivity index (χ0v) is 18.9. The highest BCUT2D eigenvalue weighted by Crippen LogP contribution is 2.24. The number of unbranched alkanes of at least 4 members (excludes halogenated alkanes) is 2. The van der Waals surface area contributed by atoms with Crippen LogP contribution in [-0.4, -0.2) is 40.4 Å². The number of aliphatic hydroxyl groups excluding tert-OH is 1. The minimum absolute atomic E-state index is 0.246. The first kappa shape index (κ1) is 23.4. The molecule has 2 aromatic rings. The number of carbonyl (C=O) groups is 1. The van der Waals surface area contributed by atoms with Gasteiger partial charge in [0, 0.05) is 29.6 Å². The first-order valence-electron chi connectivity index (χ1n) is 9.81. The summed E-state index contributed by atoms with van der Waals surface area (Å²) in [6.45, 7) is 2.16. The maximum absolute atomic E-state index is 12.7. The lowest BCUT2D eigenvalue weighted by Crippen LogP contribution is -2.23. The third kappa shape index (κ3) is 7.49. The van der Waals surface area contributed by atoms with Gasteiger partial charge in [0.05, 0.1) is 17.4 Å². The Kier molecular flexibility index (Phi) is 9.70. The second kappa shape index (κ2) is 12.0. The Hall–Kier alpha value is -1.83. The molecule has 0 aliphatic rings. The van der Waals surface area contributed by atoms with Crippen molar-refractivity contribution >= 4 is 40.0 Å². The molecule has 0 aliphatic carbocycles. The van der Waals surface area contributed by atoms with E-state index in [1.807, 2.05) is 30.3 Å². The molecule has 2 N–H and O–H groups in total. The van der Waals surface area contributed by atoms with Crippen LogP contribution in [0.1, 0.15) is 43.0 Å². The lowest BCUT2D eigenvalue weighted by Gasteiger charge is -2.19. The molecule has 2 atom stereocenters. The lowest BCUT2D eigenvalue weighted by molar-refractivity contribution is 0.102. The highest BCUT2D eigenvalue weighted by atomic mass is 32.2. The summed E-state index contributed by atoms with van der Waals surface area (Å²) in [7, 11) is 0.482. The summed E-state index contributed by atoms with van der Waals surface area (Å²) in [5, 5.41) is 12.9. The van der Waals surface area contributed by atoms with Crippen LogP contribution >= 0.6 is 11.8 Å². The van der Waals surface area contributed by atoms with Crippen molar-refractivity contribution in [2.75, 3.05) is 28.7 Å². The van der Waals surface area contributed by atoms with E-state index in [0.717, 1.165) is 30.6 Å². The molecule has 0 saturated carbocycles. The summed E-state index contributed by atoms with van der Waals surface area (Å²) in [6.07, 6.45) is 5.50. The van der Waals surface area contributed by atoms with Crippen LogP contribution in [0, 0.1) is 0 Å². The Morgan fingerprint density at radius 2 is 1.86 bits per heavy atom. The Bertz CT molecular complexity index is 812. The fraction of sp³-hybridized carbons (Fsp3) is 0.409. The second-order valence-electron chi connectivity index (χ2n) is 6.88. The van der Waals surface area contributed by atoms with Crippen molar-refractivity contribution in [3.05, 3.63) is 54.1 Å². The van der Waals surface area contributed by atoms with Crippen LogP contribution in [-0.2, 0) is 11.0 Å². The number of rotatable bonds is 11. The van der Waals surface area contributed by atoms with Gasteiger partial charge in [0.25, 0.3) is 5.91 Å². The first-order valence-corrected chi connectivity index (χ1v) is 12.3. The number of thioether (sulfide) groups is 1. The number of hydrogen-bond donors (Lipinski definition) is 2. The Morgan fingerprint density at radius 1 is 1.17 bits per heavy atom. The number of nitrogens with zero attached hydrogens (tertiary/aromatic N) is 1. The molecule has 7 heteroatoms. The molecule has 0 spiro atoms. The molecule has 0 bridgehead atoms. The Labute approximate surface area is 180 Å². The number of benzene rings is 2. The van der Waals surface area contributed by atoms with Gasteiger partial charge < -0.3 is 10.4 Å². The number of para-hydroxylation sites is 1. The zero-order valence-electron chi connectivity index (χ0n) is 17.3. The van der Waals surface area contributed by atoms with Crippen molar-refractivity contribution in [1.29, 1.82) is 0 Å². The summed E-state index contributed by atoms with van der Waals surface area (Å²) in [5.41, 5.74) is 1.78. The monoisotopic (exact) mass is 434 g/mol. The molecule has 0 fully saturated rings. The molecule has 0 aromatic heterocycles. The second-order valence-corrected chi connectivity index (χ2v) is 9.37. The van der Waals surface area contributed by atoms with Gasteiger partial charge in [0.2, 0.25) is 0 Å². The molecule has 158 valence electrons. The molecule has 0 aliphatic heterocycles. The van der Waals surface area contributed by atoms with E-state index in [9.17, 15) is 14.1 Å². The highest BCUT2D eigenvalue weighted by molar-refractivity contribution is 7.99. The van der Waals surface area contributed by atoms with Crippen molar-refractivity contribution in [3.63, 3.8) is 0 Å². The van der Waals surface area contributed by atoms with E-state index in [0.29, 0.717) is 22.7 Å². The normalized spacial score (nSPS) is 13.0. The van der Waals surface area contributed by atoms with Gasteiger partial charge in [-0.2, -0.15) is 0 Å². The van der Waals surface area contributed by atoms with E-state index in [-0.39, 0.29) is 12.0 Å². The van der Waals surface area contributed by atoms with Crippen molar-refractivity contribution in [2.24, 2.45) is 0 Å². The molecule has 2 aromatic carbocycles. The molecule has 0 heterocycles. The smallest absolute Gasteiger partial charge is 0.257 e. The van der Waals surface area contributed by atoms with Crippen LogP contribution in [0.2, 0.25) is 0 Å². The highest BCUT2D eigenvalue weighted by Gasteiger charge is 2.16. The quantitative estimate of drug-likeness (QED) is 0.397. The molecular formula is C22H30N2O3S2. The predicted octanol–water partition coefficient (Wildman–Crippen LogP) is 4.70. The standard InChI is InChI=1S/C22H30N2O3S2/c1-4-5-6-9-18(25)16-28-19-14-12-17(13-15-19)23-22(26)20-10-7-8-11-21(20)24(2)29(3)27/h7-8,10-15,18,25H,4-6,9,16H2,1-3H3,(H,23,26). The van der Waals surface area contributed by atoms with Crippen LogP contribution < -0.4 is 9.62 Å². The molecule has 5 nitrogen and oxygen atoms in total. The van der Waals surface area contributed by atoms with Gasteiger partial charge in [-0.1, -0.05) is 38.3 Å². The Balaban J connectivity index is 1.95. The first-order chi connectivity index (χ1) is 13.9. The van der Waals surface area contributed by atoms with Crippen molar-refractivity contribution in [1.82, 2.24) is 0 Å². The summed E-state index contributed by atoms with van der Waals surface area (Å²) in [6, 6.07) is 14.7. The topological polar surface area (TPSA) is 69.6 Å². The number of nitrogens with one attached hydrogen (secondary N) is 1. The van der Waals surface area contributed by atoms with Gasteiger partial charge in [0.15, 0.2) is 0 Å². The number of carbonyl (C=O) groups excluding carboxylic acids is 1. The van der Waals surface area contributed by atoms with E-state index < -0.39 is 11.0 Å². The van der Waals surface area contributed by atoms with Crippen LogP contribution in [0.25, 0.3) is 0 Å². The van der Waals surface area contributed by atoms with Crippen molar-refractivity contribution < 1.29 is 14.1 Å². The predicted molar refractivity (Wildman–Crippen MR) is 124 cm³/mol. The van der Waals surface area contributed by atoms with E-state index in [4.69, 9.17) is 0 Å². The van der Waals surface area contributed by atoms with Crippen LogP contribution in [0.4, 0.5) is 11.4 Å². The molecule has 29 heavy (non-hydrogen) atoms. The van der Waals surface area contributed by atoms with E-state index in [1.54, 1.807) is 47.6 Å².